The van der Waals surface area contributed by atoms with Gasteiger partial charge in [0, 0.05) is 30.8 Å². The van der Waals surface area contributed by atoms with Gasteiger partial charge in [0.1, 0.15) is 41.8 Å². The topological polar surface area (TPSA) is 81.8 Å². The molecule has 0 N–H and O–H groups in total. The lowest BCUT2D eigenvalue weighted by molar-refractivity contribution is -0.133. The first kappa shape index (κ1) is 28.5. The Hall–Kier alpha value is -3.99. The van der Waals surface area contributed by atoms with Crippen LogP contribution >= 0.6 is 11.3 Å². The summed E-state index contributed by atoms with van der Waals surface area (Å²) in [7, 11) is 0. The monoisotopic (exact) mass is 593 g/mol. The molecule has 2 aromatic heterocycles. The van der Waals surface area contributed by atoms with Gasteiger partial charge in [0.05, 0.1) is 16.3 Å². The Morgan fingerprint density at radius 3 is 2.71 bits per heavy atom. The fourth-order valence-corrected chi connectivity index (χ4v) is 5.83. The maximum atomic E-state index is 14.6. The Bertz CT molecular complexity index is 1480. The van der Waals surface area contributed by atoms with Gasteiger partial charge in [-0.1, -0.05) is 17.1 Å². The van der Waals surface area contributed by atoms with E-state index in [1.807, 2.05) is 5.38 Å². The van der Waals surface area contributed by atoms with Crippen molar-refractivity contribution in [3.05, 3.63) is 63.1 Å². The number of terminal acetylenes is 1. The number of benzene rings is 1. The zero-order chi connectivity index (χ0) is 29.1. The van der Waals surface area contributed by atoms with Crippen LogP contribution in [0.25, 0.3) is 0 Å². The number of oxime groups is 1. The van der Waals surface area contributed by atoms with Gasteiger partial charge in [0.2, 0.25) is 5.91 Å². The van der Waals surface area contributed by atoms with Crippen LogP contribution in [-0.4, -0.2) is 51.0 Å². The zero-order valence-electron chi connectivity index (χ0n) is 21.5. The molecule has 0 saturated carbocycles. The summed E-state index contributed by atoms with van der Waals surface area (Å²) in [6.07, 6.45) is -0.0417. The quantitative estimate of drug-likeness (QED) is 0.237. The zero-order valence-corrected chi connectivity index (χ0v) is 22.3. The molecule has 5 rings (SSSR count). The van der Waals surface area contributed by atoms with E-state index in [1.165, 1.54) is 28.4 Å². The molecule has 1 atom stereocenters. The molecule has 0 radical (unpaired) electrons. The van der Waals surface area contributed by atoms with Gasteiger partial charge in [-0.3, -0.25) is 9.48 Å². The summed E-state index contributed by atoms with van der Waals surface area (Å²) in [4.78, 5) is 24.5. The summed E-state index contributed by atoms with van der Waals surface area (Å²) in [5, 5.41) is 10.3. The van der Waals surface area contributed by atoms with Crippen molar-refractivity contribution in [1.29, 1.82) is 0 Å². The Kier molecular flexibility index (Phi) is 8.53. The first-order valence-corrected chi connectivity index (χ1v) is 13.6. The minimum absolute atomic E-state index is 0.0175. The number of halogens is 5. The summed E-state index contributed by atoms with van der Waals surface area (Å²) >= 11 is 1.44. The third-order valence-electron chi connectivity index (χ3n) is 6.89. The normalized spacial score (nSPS) is 17.6. The molecule has 1 fully saturated rings. The van der Waals surface area contributed by atoms with Crippen molar-refractivity contribution in [3.8, 4) is 18.1 Å². The predicted molar refractivity (Wildman–Crippen MR) is 139 cm³/mol. The third-order valence-corrected chi connectivity index (χ3v) is 7.90. The van der Waals surface area contributed by atoms with E-state index in [2.05, 4.69) is 16.2 Å². The maximum absolute atomic E-state index is 14.6. The van der Waals surface area contributed by atoms with Crippen molar-refractivity contribution in [3.63, 3.8) is 0 Å². The van der Waals surface area contributed by atoms with E-state index in [4.69, 9.17) is 21.0 Å². The lowest BCUT2D eigenvalue weighted by Gasteiger charge is -2.31. The van der Waals surface area contributed by atoms with Gasteiger partial charge in [0.25, 0.3) is 12.9 Å². The van der Waals surface area contributed by atoms with Crippen LogP contribution in [0.3, 0.4) is 0 Å². The number of alkyl halides is 4. The van der Waals surface area contributed by atoms with Crippen molar-refractivity contribution < 1.29 is 36.3 Å². The number of hydrogen-bond acceptors (Lipinski definition) is 7. The first-order valence-electron chi connectivity index (χ1n) is 12.7. The molecule has 1 saturated heterocycles. The number of amides is 1. The van der Waals surface area contributed by atoms with Crippen LogP contribution in [0.1, 0.15) is 71.8 Å². The van der Waals surface area contributed by atoms with Crippen LogP contribution in [0.15, 0.2) is 34.8 Å². The molecule has 0 spiro atoms. The van der Waals surface area contributed by atoms with Crippen LogP contribution in [0.2, 0.25) is 0 Å². The molecule has 2 aliphatic rings. The molecule has 216 valence electrons. The largest absolute Gasteiger partial charge is 0.480 e. The van der Waals surface area contributed by atoms with Gasteiger partial charge in [-0.15, -0.1) is 17.8 Å². The van der Waals surface area contributed by atoms with E-state index < -0.39 is 48.6 Å². The molecule has 0 bridgehead atoms. The number of thiazole rings is 1. The predicted octanol–water partition coefficient (Wildman–Crippen LogP) is 5.64. The van der Waals surface area contributed by atoms with E-state index in [1.54, 1.807) is 6.07 Å². The van der Waals surface area contributed by atoms with Gasteiger partial charge >= 0.3 is 0 Å². The van der Waals surface area contributed by atoms with Gasteiger partial charge in [-0.25, -0.2) is 26.9 Å². The Balaban J connectivity index is 1.18. The molecule has 1 amide bonds. The average Bonchev–Trinajstić information content (AvgIpc) is 3.72. The second kappa shape index (κ2) is 12.3. The summed E-state index contributed by atoms with van der Waals surface area (Å²) in [6, 6.07) is 5.07. The fraction of sp³-hybridized carbons (Fsp3) is 0.407. The van der Waals surface area contributed by atoms with Crippen LogP contribution in [0.5, 0.6) is 5.75 Å². The summed E-state index contributed by atoms with van der Waals surface area (Å²) < 4.78 is 73.1. The standard InChI is InChI=1S/C27H24F5N5O3S/c1-2-10-39-21-5-3-4-16(28)24(21)22-12-17(35-40-22)19-14-41-27(33-19)15-6-8-36(9-7-15)23(38)13-37-20(26(31)32)11-18(34-37)25(29)30/h1,3-5,11,14-15,22,25-26H,6-10,12-13H2/t22-/m0/s1. The smallest absolute Gasteiger partial charge is 0.282 e. The highest BCUT2D eigenvalue weighted by Crippen LogP contribution is 2.38. The second-order valence-corrected chi connectivity index (χ2v) is 10.3. The van der Waals surface area contributed by atoms with E-state index in [0.717, 1.165) is 5.01 Å². The highest BCUT2D eigenvalue weighted by atomic mass is 32.1. The van der Waals surface area contributed by atoms with Crippen LogP contribution < -0.4 is 4.74 Å². The van der Waals surface area contributed by atoms with E-state index in [9.17, 15) is 26.7 Å². The molecule has 3 aromatic rings. The highest BCUT2D eigenvalue weighted by molar-refractivity contribution is 7.10. The molecule has 8 nitrogen and oxygen atoms in total. The van der Waals surface area contributed by atoms with Crippen molar-refractivity contribution in [2.24, 2.45) is 5.16 Å². The van der Waals surface area contributed by atoms with Crippen molar-refractivity contribution in [2.45, 2.75) is 50.7 Å². The molecule has 0 aliphatic carbocycles. The Labute approximate surface area is 235 Å². The molecule has 41 heavy (non-hydrogen) atoms. The molecular formula is C27H24F5N5O3S. The van der Waals surface area contributed by atoms with Gasteiger partial charge < -0.3 is 14.5 Å². The van der Waals surface area contributed by atoms with Crippen molar-refractivity contribution in [2.75, 3.05) is 19.7 Å². The van der Waals surface area contributed by atoms with Crippen LogP contribution in [0.4, 0.5) is 22.0 Å². The molecule has 1 aromatic carbocycles. The number of nitrogens with zero attached hydrogens (tertiary/aromatic N) is 5. The molecule has 14 heteroatoms. The van der Waals surface area contributed by atoms with Crippen molar-refractivity contribution >= 4 is 23.0 Å². The third kappa shape index (κ3) is 6.19. The summed E-state index contributed by atoms with van der Waals surface area (Å²) in [5.74, 6) is 1.73. The average molecular weight is 594 g/mol. The van der Waals surface area contributed by atoms with Crippen LogP contribution in [-0.2, 0) is 16.2 Å². The van der Waals surface area contributed by atoms with E-state index in [0.29, 0.717) is 48.1 Å². The number of rotatable bonds is 9. The Morgan fingerprint density at radius 1 is 1.22 bits per heavy atom. The maximum Gasteiger partial charge on any atom is 0.282 e. The summed E-state index contributed by atoms with van der Waals surface area (Å²) in [5.41, 5.74) is -0.0991. The highest BCUT2D eigenvalue weighted by Gasteiger charge is 2.32. The number of aromatic nitrogens is 3. The van der Waals surface area contributed by atoms with Gasteiger partial charge in [0.15, 0.2) is 6.10 Å². The summed E-state index contributed by atoms with van der Waals surface area (Å²) in [6.45, 7) is 0.143. The van der Waals surface area contributed by atoms with E-state index >= 15 is 0 Å². The van der Waals surface area contributed by atoms with Gasteiger partial charge in [-0.2, -0.15) is 5.10 Å². The molecule has 0 unspecified atom stereocenters. The van der Waals surface area contributed by atoms with Gasteiger partial charge in [-0.05, 0) is 31.0 Å². The first-order chi connectivity index (χ1) is 19.7. The SMILES string of the molecule is C#CCOc1cccc(F)c1[C@@H]1CC(c2csc(C3CCN(C(=O)Cn4nc(C(F)F)cc4C(F)F)CC3)n2)=NO1. The molecule has 2 aliphatic heterocycles. The lowest BCUT2D eigenvalue weighted by Crippen LogP contribution is -2.40. The number of piperidine rings is 1. The number of likely N-dealkylation sites (tertiary alicyclic amines) is 1. The fourth-order valence-electron chi connectivity index (χ4n) is 4.83. The number of carbonyl (C=O) groups excluding carboxylic acids is 1. The minimum Gasteiger partial charge on any atom is -0.480 e. The number of carbonyl (C=O) groups is 1. The van der Waals surface area contributed by atoms with Crippen LogP contribution in [0, 0.1) is 18.2 Å². The second-order valence-electron chi connectivity index (χ2n) is 9.46. The molecular weight excluding hydrogens is 569 g/mol. The Morgan fingerprint density at radius 2 is 2.00 bits per heavy atom. The van der Waals surface area contributed by atoms with Crippen molar-refractivity contribution in [1.82, 2.24) is 19.7 Å². The van der Waals surface area contributed by atoms with E-state index in [-0.39, 0.29) is 30.3 Å². The molecule has 4 heterocycles. The minimum atomic E-state index is -3.03. The number of ether oxygens (including phenoxy) is 1. The number of hydrogen-bond donors (Lipinski definition) is 0. The lowest BCUT2D eigenvalue weighted by atomic mass is 9.97.